The number of hydrogen-bond donors (Lipinski definition) is 2. The van der Waals surface area contributed by atoms with Crippen molar-refractivity contribution in [2.75, 3.05) is 13.2 Å². The van der Waals surface area contributed by atoms with E-state index in [4.69, 9.17) is 9.84 Å². The normalized spacial score (nSPS) is 19.6. The molecule has 2 atom stereocenters. The minimum Gasteiger partial charge on any atom is -0.481 e. The third-order valence-corrected chi connectivity index (χ3v) is 3.41. The summed E-state index contributed by atoms with van der Waals surface area (Å²) in [5.74, 6) is -0.812. The molecule has 1 aliphatic heterocycles. The lowest BCUT2D eigenvalue weighted by atomic mass is 9.96. The van der Waals surface area contributed by atoms with Crippen LogP contribution >= 0.6 is 0 Å². The number of benzene rings is 1. The van der Waals surface area contributed by atoms with Crippen LogP contribution in [0.3, 0.4) is 0 Å². The van der Waals surface area contributed by atoms with Crippen LogP contribution in [0.25, 0.3) is 0 Å². The van der Waals surface area contributed by atoms with E-state index in [9.17, 15) is 9.59 Å². The predicted molar refractivity (Wildman–Crippen MR) is 73.8 cm³/mol. The van der Waals surface area contributed by atoms with Crippen LogP contribution in [0.1, 0.15) is 41.6 Å². The Morgan fingerprint density at radius 3 is 2.95 bits per heavy atom. The molecule has 0 spiro atoms. The molecule has 1 fully saturated rings. The maximum atomic E-state index is 12.1. The first kappa shape index (κ1) is 14.5. The summed E-state index contributed by atoms with van der Waals surface area (Å²) in [7, 11) is 0. The van der Waals surface area contributed by atoms with E-state index in [0.29, 0.717) is 18.1 Å². The van der Waals surface area contributed by atoms with Gasteiger partial charge in [-0.1, -0.05) is 12.1 Å². The molecule has 2 N–H and O–H groups in total. The smallest absolute Gasteiger partial charge is 0.305 e. The second-order valence-electron chi connectivity index (χ2n) is 5.16. The Bertz CT molecular complexity index is 494. The van der Waals surface area contributed by atoms with Crippen LogP contribution in [0, 0.1) is 0 Å². The molecule has 1 heterocycles. The number of carbonyl (C=O) groups is 2. The third-order valence-electron chi connectivity index (χ3n) is 3.41. The summed E-state index contributed by atoms with van der Waals surface area (Å²) < 4.78 is 5.35. The van der Waals surface area contributed by atoms with Gasteiger partial charge in [0.2, 0.25) is 0 Å². The maximum Gasteiger partial charge on any atom is 0.305 e. The summed E-state index contributed by atoms with van der Waals surface area (Å²) in [5, 5.41) is 11.4. The number of rotatable bonds is 5. The average Bonchev–Trinajstić information content (AvgIpc) is 2.91. The first-order valence-electron chi connectivity index (χ1n) is 6.76. The van der Waals surface area contributed by atoms with Gasteiger partial charge in [0, 0.05) is 24.1 Å². The predicted octanol–water partition coefficient (Wildman–Crippen LogP) is 1.78. The van der Waals surface area contributed by atoms with Gasteiger partial charge in [-0.3, -0.25) is 9.59 Å². The molecule has 5 heteroatoms. The zero-order valence-electron chi connectivity index (χ0n) is 11.5. The molecule has 1 saturated heterocycles. The highest BCUT2D eigenvalue weighted by Gasteiger charge is 2.19. The lowest BCUT2D eigenvalue weighted by Gasteiger charge is -2.13. The van der Waals surface area contributed by atoms with Crippen molar-refractivity contribution < 1.29 is 19.4 Å². The van der Waals surface area contributed by atoms with E-state index < -0.39 is 12.0 Å². The number of nitrogens with one attached hydrogen (secondary N) is 1. The van der Waals surface area contributed by atoms with Crippen LogP contribution in [0.4, 0.5) is 0 Å². The standard InChI is InChI=1S/C15H19NO4/c1-10(7-14(17)18)16-15(19)12-4-2-3-11(8-12)13-5-6-20-9-13/h2-4,8,10,13H,5-7,9H2,1H3,(H,16,19)(H,17,18). The Hall–Kier alpha value is -1.88. The molecule has 0 saturated carbocycles. The number of carbonyl (C=O) groups excluding carboxylic acids is 1. The van der Waals surface area contributed by atoms with E-state index in [2.05, 4.69) is 5.32 Å². The van der Waals surface area contributed by atoms with E-state index in [1.165, 1.54) is 0 Å². The summed E-state index contributed by atoms with van der Waals surface area (Å²) in [6, 6.07) is 7.06. The van der Waals surface area contributed by atoms with Crippen LogP contribution in [0.2, 0.25) is 0 Å². The Kier molecular flexibility index (Phi) is 4.74. The highest BCUT2D eigenvalue weighted by atomic mass is 16.5. The molecule has 1 aliphatic rings. The number of amides is 1. The second kappa shape index (κ2) is 6.52. The summed E-state index contributed by atoms with van der Waals surface area (Å²) in [6.07, 6.45) is 0.891. The van der Waals surface area contributed by atoms with Gasteiger partial charge in [0.15, 0.2) is 0 Å². The highest BCUT2D eigenvalue weighted by Crippen LogP contribution is 2.25. The van der Waals surface area contributed by atoms with E-state index in [1.54, 1.807) is 13.0 Å². The van der Waals surface area contributed by atoms with Crippen molar-refractivity contribution in [1.29, 1.82) is 0 Å². The lowest BCUT2D eigenvalue weighted by Crippen LogP contribution is -2.34. The molecular weight excluding hydrogens is 258 g/mol. The SMILES string of the molecule is CC(CC(=O)O)NC(=O)c1cccc(C2CCOC2)c1. The van der Waals surface area contributed by atoms with E-state index in [0.717, 1.165) is 18.6 Å². The van der Waals surface area contributed by atoms with Gasteiger partial charge in [-0.05, 0) is 31.0 Å². The topological polar surface area (TPSA) is 75.6 Å². The minimum atomic E-state index is -0.922. The highest BCUT2D eigenvalue weighted by molar-refractivity contribution is 5.94. The van der Waals surface area contributed by atoms with Crippen LogP contribution in [-0.4, -0.2) is 36.2 Å². The molecule has 1 aromatic rings. The molecule has 0 aromatic heterocycles. The monoisotopic (exact) mass is 277 g/mol. The van der Waals surface area contributed by atoms with Crippen molar-refractivity contribution >= 4 is 11.9 Å². The van der Waals surface area contributed by atoms with Gasteiger partial charge < -0.3 is 15.2 Å². The summed E-state index contributed by atoms with van der Waals surface area (Å²) in [4.78, 5) is 22.7. The number of hydrogen-bond acceptors (Lipinski definition) is 3. The molecule has 20 heavy (non-hydrogen) atoms. The summed E-state index contributed by atoms with van der Waals surface area (Å²) in [5.41, 5.74) is 1.66. The van der Waals surface area contributed by atoms with Gasteiger partial charge >= 0.3 is 5.97 Å². The van der Waals surface area contributed by atoms with Crippen molar-refractivity contribution in [3.63, 3.8) is 0 Å². The second-order valence-corrected chi connectivity index (χ2v) is 5.16. The summed E-state index contributed by atoms with van der Waals surface area (Å²) >= 11 is 0. The molecule has 0 radical (unpaired) electrons. The quantitative estimate of drug-likeness (QED) is 0.860. The molecule has 2 unspecified atom stereocenters. The average molecular weight is 277 g/mol. The number of carboxylic acid groups (broad SMARTS) is 1. The maximum absolute atomic E-state index is 12.1. The third kappa shape index (κ3) is 3.81. The molecule has 0 aliphatic carbocycles. The van der Waals surface area contributed by atoms with Crippen molar-refractivity contribution in [2.24, 2.45) is 0 Å². The van der Waals surface area contributed by atoms with Gasteiger partial charge in [-0.25, -0.2) is 0 Å². The van der Waals surface area contributed by atoms with Crippen molar-refractivity contribution in [2.45, 2.75) is 31.7 Å². The molecule has 108 valence electrons. The molecular formula is C15H19NO4. The van der Waals surface area contributed by atoms with E-state index >= 15 is 0 Å². The van der Waals surface area contributed by atoms with Crippen LogP contribution in [-0.2, 0) is 9.53 Å². The Balaban J connectivity index is 2.02. The largest absolute Gasteiger partial charge is 0.481 e. The first-order valence-corrected chi connectivity index (χ1v) is 6.76. The Morgan fingerprint density at radius 2 is 2.30 bits per heavy atom. The molecule has 1 aromatic carbocycles. The molecule has 2 rings (SSSR count). The van der Waals surface area contributed by atoms with Crippen molar-refractivity contribution in [1.82, 2.24) is 5.32 Å². The first-order chi connectivity index (χ1) is 9.56. The van der Waals surface area contributed by atoms with E-state index in [1.807, 2.05) is 18.2 Å². The minimum absolute atomic E-state index is 0.0815. The summed E-state index contributed by atoms with van der Waals surface area (Å²) in [6.45, 7) is 3.14. The van der Waals surface area contributed by atoms with Gasteiger partial charge in [-0.2, -0.15) is 0 Å². The molecule has 1 amide bonds. The number of carboxylic acids is 1. The van der Waals surface area contributed by atoms with Gasteiger partial charge in [0.1, 0.15) is 0 Å². The van der Waals surface area contributed by atoms with Gasteiger partial charge in [0.25, 0.3) is 5.91 Å². The lowest BCUT2D eigenvalue weighted by molar-refractivity contribution is -0.137. The molecule has 0 bridgehead atoms. The number of aliphatic carboxylic acids is 1. The molecule has 5 nitrogen and oxygen atoms in total. The zero-order valence-corrected chi connectivity index (χ0v) is 11.5. The zero-order chi connectivity index (χ0) is 14.5. The van der Waals surface area contributed by atoms with Gasteiger partial charge in [-0.15, -0.1) is 0 Å². The van der Waals surface area contributed by atoms with Crippen LogP contribution in [0.5, 0.6) is 0 Å². The fraction of sp³-hybridized carbons (Fsp3) is 0.467. The van der Waals surface area contributed by atoms with Crippen molar-refractivity contribution in [3.05, 3.63) is 35.4 Å². The Morgan fingerprint density at radius 1 is 1.50 bits per heavy atom. The fourth-order valence-electron chi connectivity index (χ4n) is 2.35. The number of ether oxygens (including phenoxy) is 1. The van der Waals surface area contributed by atoms with Crippen LogP contribution in [0.15, 0.2) is 24.3 Å². The van der Waals surface area contributed by atoms with Crippen molar-refractivity contribution in [3.8, 4) is 0 Å². The van der Waals surface area contributed by atoms with E-state index in [-0.39, 0.29) is 12.3 Å². The fourth-order valence-corrected chi connectivity index (χ4v) is 2.35. The van der Waals surface area contributed by atoms with Crippen LogP contribution < -0.4 is 5.32 Å². The van der Waals surface area contributed by atoms with Gasteiger partial charge in [0.05, 0.1) is 13.0 Å². The Labute approximate surface area is 117 Å².